The summed E-state index contributed by atoms with van der Waals surface area (Å²) in [5, 5.41) is 1.24. The van der Waals surface area contributed by atoms with Gasteiger partial charge in [0.2, 0.25) is 0 Å². The number of carbonyl (C=O) groups excluding carboxylic acids is 1. The largest absolute Gasteiger partial charge is 0.489 e. The third kappa shape index (κ3) is 3.75. The summed E-state index contributed by atoms with van der Waals surface area (Å²) < 4.78 is 5.64. The number of benzene rings is 2. The fraction of sp³-hybridized carbons (Fsp3) is 0.188. The quantitative estimate of drug-likeness (QED) is 0.713. The van der Waals surface area contributed by atoms with Crippen LogP contribution in [-0.2, 0) is 6.61 Å². The van der Waals surface area contributed by atoms with Crippen LogP contribution in [0.4, 0.5) is 0 Å². The second kappa shape index (κ2) is 6.78. The van der Waals surface area contributed by atoms with Crippen LogP contribution in [0.15, 0.2) is 42.5 Å². The third-order valence-electron chi connectivity index (χ3n) is 2.90. The van der Waals surface area contributed by atoms with E-state index >= 15 is 0 Å². The molecule has 0 saturated heterocycles. The lowest BCUT2D eigenvalue weighted by Crippen LogP contribution is -1.98. The van der Waals surface area contributed by atoms with Crippen LogP contribution in [0.25, 0.3) is 0 Å². The molecule has 0 unspecified atom stereocenters. The van der Waals surface area contributed by atoms with Gasteiger partial charge in [0.05, 0.1) is 0 Å². The Labute approximate surface area is 128 Å². The summed E-state index contributed by atoms with van der Waals surface area (Å²) in [6, 6.07) is 12.3. The molecule has 4 heteroatoms. The van der Waals surface area contributed by atoms with Gasteiger partial charge >= 0.3 is 0 Å². The standard InChI is InChI=1S/C16H14Cl2O2/c1-2-16(19)11-3-6-14(7-4-11)20-10-12-9-13(17)5-8-15(12)18/h3-9H,2,10H2,1H3. The van der Waals surface area contributed by atoms with E-state index in [0.29, 0.717) is 34.4 Å². The highest BCUT2D eigenvalue weighted by Crippen LogP contribution is 2.22. The predicted octanol–water partition coefficient (Wildman–Crippen LogP) is 5.17. The molecule has 2 aromatic rings. The normalized spacial score (nSPS) is 10.3. The molecular weight excluding hydrogens is 295 g/mol. The van der Waals surface area contributed by atoms with E-state index in [1.165, 1.54) is 0 Å². The van der Waals surface area contributed by atoms with Crippen LogP contribution in [0.2, 0.25) is 10.0 Å². The SMILES string of the molecule is CCC(=O)c1ccc(OCc2cc(Cl)ccc2Cl)cc1. The molecule has 0 aliphatic rings. The van der Waals surface area contributed by atoms with Crippen molar-refractivity contribution in [3.05, 3.63) is 63.6 Å². The highest BCUT2D eigenvalue weighted by molar-refractivity contribution is 6.33. The second-order valence-electron chi connectivity index (χ2n) is 4.33. The zero-order valence-electron chi connectivity index (χ0n) is 11.0. The van der Waals surface area contributed by atoms with Crippen molar-refractivity contribution in [3.63, 3.8) is 0 Å². The maximum absolute atomic E-state index is 11.5. The maximum Gasteiger partial charge on any atom is 0.162 e. The molecule has 20 heavy (non-hydrogen) atoms. The summed E-state index contributed by atoms with van der Waals surface area (Å²) in [7, 11) is 0. The fourth-order valence-electron chi connectivity index (χ4n) is 1.76. The Morgan fingerprint density at radius 1 is 1.10 bits per heavy atom. The summed E-state index contributed by atoms with van der Waals surface area (Å²) in [6.45, 7) is 2.17. The Hall–Kier alpha value is -1.51. The van der Waals surface area contributed by atoms with Crippen LogP contribution in [-0.4, -0.2) is 5.78 Å². The highest BCUT2D eigenvalue weighted by atomic mass is 35.5. The molecule has 0 heterocycles. The van der Waals surface area contributed by atoms with Crippen LogP contribution in [0.1, 0.15) is 29.3 Å². The van der Waals surface area contributed by atoms with Crippen molar-refractivity contribution in [3.8, 4) is 5.75 Å². The monoisotopic (exact) mass is 308 g/mol. The minimum atomic E-state index is 0.120. The van der Waals surface area contributed by atoms with Crippen molar-refractivity contribution in [1.29, 1.82) is 0 Å². The molecule has 0 spiro atoms. The van der Waals surface area contributed by atoms with E-state index in [4.69, 9.17) is 27.9 Å². The van der Waals surface area contributed by atoms with Crippen molar-refractivity contribution in [2.45, 2.75) is 20.0 Å². The minimum Gasteiger partial charge on any atom is -0.489 e. The first kappa shape index (κ1) is 14.9. The number of hydrogen-bond acceptors (Lipinski definition) is 2. The summed E-state index contributed by atoms with van der Waals surface area (Å²) in [5.74, 6) is 0.808. The van der Waals surface area contributed by atoms with Crippen molar-refractivity contribution in [1.82, 2.24) is 0 Å². The molecule has 2 rings (SSSR count). The van der Waals surface area contributed by atoms with E-state index in [0.717, 1.165) is 5.56 Å². The number of ketones is 1. The Bertz CT molecular complexity index is 606. The van der Waals surface area contributed by atoms with Gasteiger partial charge in [0.1, 0.15) is 12.4 Å². The fourth-order valence-corrected chi connectivity index (χ4v) is 2.12. The van der Waals surface area contributed by atoms with Gasteiger partial charge < -0.3 is 4.74 Å². The smallest absolute Gasteiger partial charge is 0.162 e. The molecule has 0 saturated carbocycles. The number of halogens is 2. The van der Waals surface area contributed by atoms with Gasteiger partial charge in [-0.2, -0.15) is 0 Å². The van der Waals surface area contributed by atoms with Gasteiger partial charge in [-0.3, -0.25) is 4.79 Å². The summed E-state index contributed by atoms with van der Waals surface area (Å²) in [4.78, 5) is 11.5. The number of hydrogen-bond donors (Lipinski definition) is 0. The molecule has 2 nitrogen and oxygen atoms in total. The third-order valence-corrected chi connectivity index (χ3v) is 3.50. The predicted molar refractivity (Wildman–Crippen MR) is 81.9 cm³/mol. The van der Waals surface area contributed by atoms with Crippen LogP contribution < -0.4 is 4.74 Å². The van der Waals surface area contributed by atoms with Crippen molar-refractivity contribution in [2.75, 3.05) is 0 Å². The first-order valence-corrected chi connectivity index (χ1v) is 7.05. The number of ether oxygens (including phenoxy) is 1. The minimum absolute atomic E-state index is 0.120. The van der Waals surface area contributed by atoms with E-state index in [-0.39, 0.29) is 5.78 Å². The van der Waals surface area contributed by atoms with Gasteiger partial charge in [0.25, 0.3) is 0 Å². The molecule has 0 fully saturated rings. The van der Waals surface area contributed by atoms with Gasteiger partial charge in [0, 0.05) is 27.6 Å². The van der Waals surface area contributed by atoms with Gasteiger partial charge in [-0.25, -0.2) is 0 Å². The molecule has 0 bridgehead atoms. The van der Waals surface area contributed by atoms with Gasteiger partial charge in [-0.15, -0.1) is 0 Å². The topological polar surface area (TPSA) is 26.3 Å². The number of Topliss-reactive ketones (excluding diaryl/α,β-unsaturated/α-hetero) is 1. The molecule has 104 valence electrons. The maximum atomic E-state index is 11.5. The van der Waals surface area contributed by atoms with Gasteiger partial charge in [0.15, 0.2) is 5.78 Å². The highest BCUT2D eigenvalue weighted by Gasteiger charge is 2.05. The number of rotatable bonds is 5. The molecular formula is C16H14Cl2O2. The molecule has 2 aromatic carbocycles. The zero-order chi connectivity index (χ0) is 14.5. The van der Waals surface area contributed by atoms with Crippen LogP contribution in [0.3, 0.4) is 0 Å². The summed E-state index contributed by atoms with van der Waals surface area (Å²) in [6.07, 6.45) is 0.498. The Kier molecular flexibility index (Phi) is 5.05. The van der Waals surface area contributed by atoms with Gasteiger partial charge in [-0.05, 0) is 42.5 Å². The molecule has 0 amide bonds. The Morgan fingerprint density at radius 3 is 2.45 bits per heavy atom. The van der Waals surface area contributed by atoms with Gasteiger partial charge in [-0.1, -0.05) is 30.1 Å². The lowest BCUT2D eigenvalue weighted by atomic mass is 10.1. The van der Waals surface area contributed by atoms with E-state index in [1.54, 1.807) is 42.5 Å². The first-order valence-electron chi connectivity index (χ1n) is 6.30. The van der Waals surface area contributed by atoms with Crippen molar-refractivity contribution < 1.29 is 9.53 Å². The van der Waals surface area contributed by atoms with Crippen molar-refractivity contribution >= 4 is 29.0 Å². The Morgan fingerprint density at radius 2 is 1.80 bits per heavy atom. The average molecular weight is 309 g/mol. The number of carbonyl (C=O) groups is 1. The summed E-state index contributed by atoms with van der Waals surface area (Å²) >= 11 is 12.0. The molecule has 0 aliphatic carbocycles. The molecule has 0 radical (unpaired) electrons. The molecule has 0 aliphatic heterocycles. The molecule has 0 N–H and O–H groups in total. The average Bonchev–Trinajstić information content (AvgIpc) is 2.48. The first-order chi connectivity index (χ1) is 9.60. The van der Waals surface area contributed by atoms with E-state index < -0.39 is 0 Å². The van der Waals surface area contributed by atoms with Crippen LogP contribution in [0, 0.1) is 0 Å². The molecule has 0 aromatic heterocycles. The second-order valence-corrected chi connectivity index (χ2v) is 5.17. The van der Waals surface area contributed by atoms with E-state index in [9.17, 15) is 4.79 Å². The van der Waals surface area contributed by atoms with E-state index in [1.807, 2.05) is 6.92 Å². The van der Waals surface area contributed by atoms with E-state index in [2.05, 4.69) is 0 Å². The summed E-state index contributed by atoms with van der Waals surface area (Å²) in [5.41, 5.74) is 1.52. The van der Waals surface area contributed by atoms with Crippen LogP contribution >= 0.6 is 23.2 Å². The van der Waals surface area contributed by atoms with Crippen molar-refractivity contribution in [2.24, 2.45) is 0 Å². The van der Waals surface area contributed by atoms with Crippen LogP contribution in [0.5, 0.6) is 5.75 Å². The molecule has 0 atom stereocenters. The zero-order valence-corrected chi connectivity index (χ0v) is 12.5. The lowest BCUT2D eigenvalue weighted by molar-refractivity contribution is 0.0988. The Balaban J connectivity index is 2.04. The lowest BCUT2D eigenvalue weighted by Gasteiger charge is -2.08.